The molecule has 88 valence electrons. The van der Waals surface area contributed by atoms with E-state index in [-0.39, 0.29) is 12.2 Å². The highest BCUT2D eigenvalue weighted by atomic mass is 16.5. The lowest BCUT2D eigenvalue weighted by Gasteiger charge is -2.11. The minimum Gasteiger partial charge on any atom is -0.508 e. The van der Waals surface area contributed by atoms with Crippen molar-refractivity contribution in [2.75, 3.05) is 14.2 Å². The molecular weight excluding hydrogens is 212 g/mol. The molecule has 0 saturated carbocycles. The van der Waals surface area contributed by atoms with E-state index in [1.807, 2.05) is 0 Å². The number of carbonyl (C=O) groups is 1. The third kappa shape index (κ3) is 2.87. The summed E-state index contributed by atoms with van der Waals surface area (Å²) < 4.78 is 9.42. The molecule has 0 fully saturated rings. The molecule has 0 spiro atoms. The Morgan fingerprint density at radius 2 is 2.12 bits per heavy atom. The van der Waals surface area contributed by atoms with Gasteiger partial charge in [0.05, 0.1) is 14.2 Å². The Morgan fingerprint density at radius 1 is 1.44 bits per heavy atom. The Balaban J connectivity index is 2.84. The maximum Gasteiger partial charge on any atom is 0.335 e. The molecule has 5 nitrogen and oxygen atoms in total. The molecule has 0 aromatic heterocycles. The number of phenolic OH excluding ortho intramolecular Hbond substituents is 1. The summed E-state index contributed by atoms with van der Waals surface area (Å²) in [5.41, 5.74) is 0.623. The number of carbonyl (C=O) groups excluding carboxylic acids is 1. The van der Waals surface area contributed by atoms with E-state index in [0.717, 1.165) is 0 Å². The number of phenols is 1. The minimum absolute atomic E-state index is 0.0631. The molecule has 5 heteroatoms. The van der Waals surface area contributed by atoms with Crippen LogP contribution in [0, 0.1) is 0 Å². The summed E-state index contributed by atoms with van der Waals surface area (Å²) in [5.74, 6) is -0.216. The molecule has 1 rings (SSSR count). The third-order valence-electron chi connectivity index (χ3n) is 2.16. The van der Waals surface area contributed by atoms with Crippen LogP contribution in [0.15, 0.2) is 18.2 Å². The first-order valence-corrected chi connectivity index (χ1v) is 4.70. The molecule has 1 aromatic carbocycles. The van der Waals surface area contributed by atoms with Crippen molar-refractivity contribution in [1.29, 1.82) is 0 Å². The van der Waals surface area contributed by atoms with Gasteiger partial charge in [-0.2, -0.15) is 0 Å². The number of aromatic hydroxyl groups is 1. The summed E-state index contributed by atoms with van der Waals surface area (Å²) in [6, 6.07) is 4.46. The molecule has 1 unspecified atom stereocenters. The van der Waals surface area contributed by atoms with Gasteiger partial charge >= 0.3 is 5.97 Å². The summed E-state index contributed by atoms with van der Waals surface area (Å²) in [4.78, 5) is 11.0. The lowest BCUT2D eigenvalue weighted by molar-refractivity contribution is -0.150. The van der Waals surface area contributed by atoms with Crippen LogP contribution in [0.1, 0.15) is 5.56 Å². The van der Waals surface area contributed by atoms with Crippen molar-refractivity contribution in [3.63, 3.8) is 0 Å². The van der Waals surface area contributed by atoms with E-state index in [1.54, 1.807) is 6.07 Å². The maximum absolute atomic E-state index is 11.0. The number of aliphatic hydroxyl groups is 1. The molecule has 0 amide bonds. The molecular formula is C11H14O5. The average molecular weight is 226 g/mol. The minimum atomic E-state index is -1.23. The molecule has 0 aliphatic heterocycles. The SMILES string of the molecule is COC(=O)C(O)Cc1ccc(O)cc1OC. The third-order valence-corrected chi connectivity index (χ3v) is 2.16. The van der Waals surface area contributed by atoms with Crippen LogP contribution >= 0.6 is 0 Å². The molecule has 0 saturated heterocycles. The van der Waals surface area contributed by atoms with Crippen LogP contribution in [0.3, 0.4) is 0 Å². The van der Waals surface area contributed by atoms with Gasteiger partial charge in [-0.25, -0.2) is 4.79 Å². The molecule has 1 aromatic rings. The number of ether oxygens (including phenoxy) is 2. The van der Waals surface area contributed by atoms with Crippen molar-refractivity contribution >= 4 is 5.97 Å². The second-order valence-electron chi connectivity index (χ2n) is 3.24. The second-order valence-corrected chi connectivity index (χ2v) is 3.24. The first-order valence-electron chi connectivity index (χ1n) is 4.70. The summed E-state index contributed by atoms with van der Waals surface area (Å²) in [7, 11) is 2.66. The monoisotopic (exact) mass is 226 g/mol. The zero-order valence-corrected chi connectivity index (χ0v) is 9.14. The van der Waals surface area contributed by atoms with Crippen molar-refractivity contribution in [2.24, 2.45) is 0 Å². The molecule has 16 heavy (non-hydrogen) atoms. The van der Waals surface area contributed by atoms with Gasteiger partial charge in [-0.3, -0.25) is 0 Å². The zero-order chi connectivity index (χ0) is 12.1. The van der Waals surface area contributed by atoms with Gasteiger partial charge in [-0.1, -0.05) is 6.07 Å². The lowest BCUT2D eigenvalue weighted by Crippen LogP contribution is -2.24. The van der Waals surface area contributed by atoms with Gasteiger partial charge in [0, 0.05) is 12.5 Å². The van der Waals surface area contributed by atoms with Crippen LogP contribution in [0.2, 0.25) is 0 Å². The fourth-order valence-electron chi connectivity index (χ4n) is 1.33. The highest BCUT2D eigenvalue weighted by Crippen LogP contribution is 2.24. The van der Waals surface area contributed by atoms with Crippen LogP contribution in [0.4, 0.5) is 0 Å². The Morgan fingerprint density at radius 3 is 2.69 bits per heavy atom. The number of aliphatic hydroxyl groups excluding tert-OH is 1. The molecule has 0 aliphatic carbocycles. The van der Waals surface area contributed by atoms with Gasteiger partial charge in [-0.15, -0.1) is 0 Å². The lowest BCUT2D eigenvalue weighted by atomic mass is 10.1. The quantitative estimate of drug-likeness (QED) is 0.730. The van der Waals surface area contributed by atoms with Crippen molar-refractivity contribution in [1.82, 2.24) is 0 Å². The standard InChI is InChI=1S/C11H14O5/c1-15-10-6-8(12)4-3-7(10)5-9(13)11(14)16-2/h3-4,6,9,12-13H,5H2,1-2H3. The van der Waals surface area contributed by atoms with Crippen molar-refractivity contribution < 1.29 is 24.5 Å². The van der Waals surface area contributed by atoms with Crippen molar-refractivity contribution in [3.8, 4) is 11.5 Å². The highest BCUT2D eigenvalue weighted by molar-refractivity contribution is 5.74. The van der Waals surface area contributed by atoms with E-state index < -0.39 is 12.1 Å². The summed E-state index contributed by atoms with van der Waals surface area (Å²) >= 11 is 0. The van der Waals surface area contributed by atoms with E-state index in [9.17, 15) is 15.0 Å². The number of benzene rings is 1. The Labute approximate surface area is 93.2 Å². The molecule has 0 bridgehead atoms. The van der Waals surface area contributed by atoms with Crippen LogP contribution < -0.4 is 4.74 Å². The molecule has 0 aliphatic rings. The van der Waals surface area contributed by atoms with E-state index in [2.05, 4.69) is 4.74 Å². The first-order chi connectivity index (χ1) is 7.58. The van der Waals surface area contributed by atoms with Gasteiger partial charge in [0.2, 0.25) is 0 Å². The van der Waals surface area contributed by atoms with Crippen molar-refractivity contribution in [3.05, 3.63) is 23.8 Å². The van der Waals surface area contributed by atoms with Gasteiger partial charge in [0.1, 0.15) is 11.5 Å². The number of methoxy groups -OCH3 is 2. The summed E-state index contributed by atoms with van der Waals surface area (Å²) in [6.07, 6.45) is -1.15. The van der Waals surface area contributed by atoms with E-state index in [4.69, 9.17) is 4.74 Å². The molecule has 0 radical (unpaired) electrons. The Hall–Kier alpha value is -1.75. The summed E-state index contributed by atoms with van der Waals surface area (Å²) in [5, 5.41) is 18.7. The Kier molecular flexibility index (Phi) is 4.13. The van der Waals surface area contributed by atoms with Gasteiger partial charge in [-0.05, 0) is 11.6 Å². The van der Waals surface area contributed by atoms with Crippen molar-refractivity contribution in [2.45, 2.75) is 12.5 Å². The van der Waals surface area contributed by atoms with Gasteiger partial charge in [0.15, 0.2) is 6.10 Å². The predicted molar refractivity (Wildman–Crippen MR) is 56.4 cm³/mol. The molecule has 0 heterocycles. The topological polar surface area (TPSA) is 76.0 Å². The molecule has 2 N–H and O–H groups in total. The van der Waals surface area contributed by atoms with Gasteiger partial charge in [0.25, 0.3) is 0 Å². The van der Waals surface area contributed by atoms with Crippen LogP contribution in [-0.2, 0) is 16.0 Å². The first kappa shape index (κ1) is 12.3. The fraction of sp³-hybridized carbons (Fsp3) is 0.364. The smallest absolute Gasteiger partial charge is 0.335 e. The fourth-order valence-corrected chi connectivity index (χ4v) is 1.33. The van der Waals surface area contributed by atoms with E-state index in [1.165, 1.54) is 26.4 Å². The molecule has 1 atom stereocenters. The zero-order valence-electron chi connectivity index (χ0n) is 9.14. The predicted octanol–water partition coefficient (Wildman–Crippen LogP) is 0.477. The highest BCUT2D eigenvalue weighted by Gasteiger charge is 2.18. The van der Waals surface area contributed by atoms with E-state index in [0.29, 0.717) is 11.3 Å². The maximum atomic E-state index is 11.0. The van der Waals surface area contributed by atoms with Crippen LogP contribution in [0.5, 0.6) is 11.5 Å². The number of esters is 1. The Bertz CT molecular complexity index is 375. The van der Waals surface area contributed by atoms with Crippen LogP contribution in [0.25, 0.3) is 0 Å². The number of rotatable bonds is 4. The summed E-state index contributed by atoms with van der Waals surface area (Å²) in [6.45, 7) is 0. The second kappa shape index (κ2) is 5.37. The number of hydrogen-bond donors (Lipinski definition) is 2. The average Bonchev–Trinajstić information content (AvgIpc) is 2.30. The van der Waals surface area contributed by atoms with E-state index >= 15 is 0 Å². The largest absolute Gasteiger partial charge is 0.508 e. The van der Waals surface area contributed by atoms with Gasteiger partial charge < -0.3 is 19.7 Å². The number of hydrogen-bond acceptors (Lipinski definition) is 5. The van der Waals surface area contributed by atoms with Crippen LogP contribution in [-0.4, -0.2) is 36.5 Å². The normalized spacial score (nSPS) is 11.9.